The van der Waals surface area contributed by atoms with Gasteiger partial charge in [0.15, 0.2) is 6.10 Å². The fraction of sp³-hybridized carbons (Fsp3) is 0.950. The number of ether oxygens (including phenoxy) is 3. The molecule has 68 heavy (non-hydrogen) atoms. The van der Waals surface area contributed by atoms with Gasteiger partial charge in [-0.15, -0.1) is 0 Å². The number of rotatable bonds is 56. The van der Waals surface area contributed by atoms with Crippen molar-refractivity contribution < 1.29 is 38.2 Å². The Morgan fingerprint density at radius 2 is 0.647 bits per heavy atom. The lowest BCUT2D eigenvalue weighted by Crippen LogP contribution is -2.55. The molecular weight excluding hydrogens is 847 g/mol. The average Bonchev–Trinajstić information content (AvgIpc) is 3.30. The van der Waals surface area contributed by atoms with Crippen LogP contribution in [0.5, 0.6) is 0 Å². The summed E-state index contributed by atoms with van der Waals surface area (Å²) in [6, 6.07) is -0.721. The maximum atomic E-state index is 12.8. The zero-order chi connectivity index (χ0) is 49.9. The van der Waals surface area contributed by atoms with Crippen LogP contribution in [0.4, 0.5) is 0 Å². The number of carbonyl (C=O) groups excluding carboxylic acids is 3. The molecule has 8 heteroatoms. The minimum atomic E-state index is -1.12. The highest BCUT2D eigenvalue weighted by molar-refractivity contribution is 5.70. The van der Waals surface area contributed by atoms with Gasteiger partial charge in [0.25, 0.3) is 0 Å². The molecule has 2 atom stereocenters. The Kier molecular flexibility index (Phi) is 50.4. The van der Waals surface area contributed by atoms with E-state index in [9.17, 15) is 19.5 Å². The van der Waals surface area contributed by atoms with Crippen LogP contribution in [0.2, 0.25) is 0 Å². The van der Waals surface area contributed by atoms with Gasteiger partial charge in [-0.2, -0.15) is 0 Å². The predicted octanol–water partition coefficient (Wildman–Crippen LogP) is 16.7. The molecule has 0 spiro atoms. The Balaban J connectivity index is 4.08. The van der Waals surface area contributed by atoms with E-state index < -0.39 is 18.1 Å². The van der Waals surface area contributed by atoms with Gasteiger partial charge in [0.2, 0.25) is 0 Å². The topological polar surface area (TPSA) is 102 Å². The van der Waals surface area contributed by atoms with Gasteiger partial charge in [-0.1, -0.05) is 284 Å². The van der Waals surface area contributed by atoms with Gasteiger partial charge in [0, 0.05) is 19.3 Å². The molecule has 0 rings (SSSR count). The van der Waals surface area contributed by atoms with Crippen LogP contribution in [-0.4, -0.2) is 75.5 Å². The van der Waals surface area contributed by atoms with Crippen LogP contribution in [0.1, 0.15) is 316 Å². The van der Waals surface area contributed by atoms with E-state index in [1.807, 2.05) is 21.1 Å². The summed E-state index contributed by atoms with van der Waals surface area (Å²) in [5.41, 5.74) is 0. The largest absolute Gasteiger partial charge is 0.544 e. The quantitative estimate of drug-likeness (QED) is 0.0340. The smallest absolute Gasteiger partial charge is 0.306 e. The minimum Gasteiger partial charge on any atom is -0.544 e. The highest BCUT2D eigenvalue weighted by atomic mass is 16.6. The van der Waals surface area contributed by atoms with Crippen molar-refractivity contribution in [3.05, 3.63) is 0 Å². The standard InChI is InChI=1S/C60H117NO7/c1-6-8-10-12-14-16-18-20-22-24-26-28-29-31-32-34-36-38-40-42-44-46-48-50-58(62)67-55-56(54-66-53-52-57(60(64)65)61(3,4)5)68-59(63)51-49-47-45-43-41-39-37-35-33-30-27-25-23-21-19-17-15-13-11-9-7-2/h56-57H,6-55H2,1-5H3. The van der Waals surface area contributed by atoms with Crippen molar-refractivity contribution in [3.63, 3.8) is 0 Å². The number of quaternary nitrogens is 1. The molecule has 0 heterocycles. The summed E-state index contributed by atoms with van der Waals surface area (Å²) in [7, 11) is 5.44. The van der Waals surface area contributed by atoms with E-state index in [2.05, 4.69) is 13.8 Å². The summed E-state index contributed by atoms with van der Waals surface area (Å²) in [6.07, 6.45) is 58.7. The molecule has 0 aromatic heterocycles. The van der Waals surface area contributed by atoms with Gasteiger partial charge in [-0.25, -0.2) is 0 Å². The van der Waals surface area contributed by atoms with Crippen molar-refractivity contribution in [2.45, 2.75) is 328 Å². The van der Waals surface area contributed by atoms with Crippen LogP contribution in [0, 0.1) is 0 Å². The molecule has 0 radical (unpaired) electrons. The fourth-order valence-corrected chi connectivity index (χ4v) is 9.61. The average molecular weight is 965 g/mol. The summed E-state index contributed by atoms with van der Waals surface area (Å²) < 4.78 is 17.3. The fourth-order valence-electron chi connectivity index (χ4n) is 9.61. The molecule has 0 amide bonds. The summed E-state index contributed by atoms with van der Waals surface area (Å²) in [4.78, 5) is 37.2. The van der Waals surface area contributed by atoms with Gasteiger partial charge >= 0.3 is 11.9 Å². The van der Waals surface area contributed by atoms with E-state index >= 15 is 0 Å². The van der Waals surface area contributed by atoms with E-state index in [-0.39, 0.29) is 42.7 Å². The summed E-state index contributed by atoms with van der Waals surface area (Å²) >= 11 is 0. The van der Waals surface area contributed by atoms with Crippen LogP contribution in [-0.2, 0) is 28.6 Å². The lowest BCUT2D eigenvalue weighted by atomic mass is 10.0. The van der Waals surface area contributed by atoms with Crippen LogP contribution in [0.3, 0.4) is 0 Å². The van der Waals surface area contributed by atoms with Gasteiger partial charge in [0.05, 0.1) is 40.3 Å². The number of carboxylic acid groups (broad SMARTS) is 1. The van der Waals surface area contributed by atoms with Crippen molar-refractivity contribution in [3.8, 4) is 0 Å². The minimum absolute atomic E-state index is 0.0503. The van der Waals surface area contributed by atoms with Crippen LogP contribution < -0.4 is 5.11 Å². The summed E-state index contributed by atoms with van der Waals surface area (Å²) in [5, 5.41) is 11.7. The molecule has 0 saturated carbocycles. The van der Waals surface area contributed by atoms with E-state index in [4.69, 9.17) is 14.2 Å². The van der Waals surface area contributed by atoms with Crippen LogP contribution in [0.25, 0.3) is 0 Å². The molecule has 0 N–H and O–H groups in total. The van der Waals surface area contributed by atoms with Crippen LogP contribution in [0.15, 0.2) is 0 Å². The number of carboxylic acids is 1. The zero-order valence-corrected chi connectivity index (χ0v) is 46.3. The maximum Gasteiger partial charge on any atom is 0.306 e. The van der Waals surface area contributed by atoms with E-state index in [1.54, 1.807) is 0 Å². The first kappa shape index (κ1) is 66.3. The number of likely N-dealkylation sites (N-methyl/N-ethyl adjacent to an activating group) is 1. The number of unbranched alkanes of at least 4 members (excludes halogenated alkanes) is 42. The molecule has 8 nitrogen and oxygen atoms in total. The second kappa shape index (κ2) is 51.7. The highest BCUT2D eigenvalue weighted by Gasteiger charge is 2.25. The first-order valence-corrected chi connectivity index (χ1v) is 30.1. The van der Waals surface area contributed by atoms with E-state index in [0.717, 1.165) is 38.5 Å². The molecule has 0 aromatic rings. The second-order valence-corrected chi connectivity index (χ2v) is 22.0. The first-order valence-electron chi connectivity index (χ1n) is 30.1. The van der Waals surface area contributed by atoms with Gasteiger partial charge < -0.3 is 28.6 Å². The monoisotopic (exact) mass is 964 g/mol. The molecule has 404 valence electrons. The molecule has 0 bridgehead atoms. The second-order valence-electron chi connectivity index (χ2n) is 22.0. The molecule has 0 aliphatic rings. The number of carbonyl (C=O) groups is 3. The molecular formula is C60H117NO7. The Morgan fingerprint density at radius 1 is 0.382 bits per heavy atom. The number of hydrogen-bond acceptors (Lipinski definition) is 7. The molecule has 0 fully saturated rings. The van der Waals surface area contributed by atoms with E-state index in [1.165, 1.54) is 244 Å². The van der Waals surface area contributed by atoms with Crippen molar-refractivity contribution in [2.75, 3.05) is 41.0 Å². The third-order valence-corrected chi connectivity index (χ3v) is 14.2. The third-order valence-electron chi connectivity index (χ3n) is 14.2. The molecule has 0 aliphatic heterocycles. The molecule has 0 aromatic carbocycles. The van der Waals surface area contributed by atoms with Gasteiger partial charge in [0.1, 0.15) is 12.6 Å². The Morgan fingerprint density at radius 3 is 0.912 bits per heavy atom. The van der Waals surface area contributed by atoms with Crippen LogP contribution >= 0.6 is 0 Å². The summed E-state index contributed by atoms with van der Waals surface area (Å²) in [6.45, 7) is 4.75. The number of aliphatic carboxylic acids is 1. The van der Waals surface area contributed by atoms with Crippen molar-refractivity contribution in [1.82, 2.24) is 0 Å². The number of hydrogen-bond donors (Lipinski definition) is 0. The first-order chi connectivity index (χ1) is 33.1. The number of nitrogens with zero attached hydrogens (tertiary/aromatic N) is 1. The van der Waals surface area contributed by atoms with Crippen molar-refractivity contribution in [2.24, 2.45) is 0 Å². The normalized spacial score (nSPS) is 12.7. The lowest BCUT2D eigenvalue weighted by Gasteiger charge is -2.34. The molecule has 2 unspecified atom stereocenters. The predicted molar refractivity (Wildman–Crippen MR) is 287 cm³/mol. The number of esters is 2. The van der Waals surface area contributed by atoms with Crippen molar-refractivity contribution in [1.29, 1.82) is 0 Å². The van der Waals surface area contributed by atoms with Gasteiger partial charge in [-0.3, -0.25) is 9.59 Å². The van der Waals surface area contributed by atoms with Crippen molar-refractivity contribution >= 4 is 17.9 Å². The Hall–Kier alpha value is -1.67. The Labute approximate surface area is 423 Å². The Bertz CT molecular complexity index is 1080. The maximum absolute atomic E-state index is 12.8. The molecule has 0 saturated heterocycles. The van der Waals surface area contributed by atoms with Gasteiger partial charge in [-0.05, 0) is 12.8 Å². The molecule has 0 aliphatic carbocycles. The highest BCUT2D eigenvalue weighted by Crippen LogP contribution is 2.18. The third kappa shape index (κ3) is 49.3. The van der Waals surface area contributed by atoms with E-state index in [0.29, 0.717) is 12.8 Å². The lowest BCUT2D eigenvalue weighted by molar-refractivity contribution is -0.889. The zero-order valence-electron chi connectivity index (χ0n) is 46.3. The SMILES string of the molecule is CCCCCCCCCCCCCCCCCCCCCCCCCC(=O)OCC(COCCC(C(=O)[O-])[N+](C)(C)C)OC(=O)CCCCCCCCCCCCCCCCCCCCCCC. The summed E-state index contributed by atoms with van der Waals surface area (Å²) in [5.74, 6) is -1.70.